The van der Waals surface area contributed by atoms with Crippen molar-refractivity contribution < 1.29 is 20.1 Å². The standard InChI is InChI=1S/C22H32O4/c1-2-3-10-15-20(23)17-12-8-9-13-18-21(24)16-11-6-4-5-7-14-19-22(25)26/h3,5-13,17-18,20-21,23-24H,2,4,14-16,19H2,1H3,(H,25,26)/b7-5+,9-8+,10-3+,11-6+,17-12+,18-13+/t20-,21-/m0/s1. The van der Waals surface area contributed by atoms with Crippen molar-refractivity contribution in [2.45, 2.75) is 57.7 Å². The Labute approximate surface area is 157 Å². The first-order chi connectivity index (χ1) is 12.6. The smallest absolute Gasteiger partial charge is 0.303 e. The summed E-state index contributed by atoms with van der Waals surface area (Å²) < 4.78 is 0. The Kier molecular flexibility index (Phi) is 16.2. The summed E-state index contributed by atoms with van der Waals surface area (Å²) in [5, 5.41) is 28.0. The molecule has 0 saturated carbocycles. The zero-order valence-corrected chi connectivity index (χ0v) is 15.6. The minimum Gasteiger partial charge on any atom is -0.481 e. The molecule has 0 aromatic carbocycles. The molecule has 0 aliphatic heterocycles. The number of allylic oxidation sites excluding steroid dienone is 8. The lowest BCUT2D eigenvalue weighted by atomic mass is 10.2. The topological polar surface area (TPSA) is 77.8 Å². The molecule has 3 N–H and O–H groups in total. The van der Waals surface area contributed by atoms with Crippen LogP contribution in [0.15, 0.2) is 72.9 Å². The molecule has 0 radical (unpaired) electrons. The molecule has 0 aromatic rings. The number of hydrogen-bond acceptors (Lipinski definition) is 3. The fraction of sp³-hybridized carbons (Fsp3) is 0.409. The van der Waals surface area contributed by atoms with Gasteiger partial charge >= 0.3 is 5.97 Å². The summed E-state index contributed by atoms with van der Waals surface area (Å²) in [6.07, 6.45) is 24.8. The highest BCUT2D eigenvalue weighted by Crippen LogP contribution is 2.00. The van der Waals surface area contributed by atoms with E-state index >= 15 is 0 Å². The molecule has 4 heteroatoms. The van der Waals surface area contributed by atoms with Crippen LogP contribution in [0, 0.1) is 0 Å². The predicted molar refractivity (Wildman–Crippen MR) is 108 cm³/mol. The summed E-state index contributed by atoms with van der Waals surface area (Å²) in [6.45, 7) is 2.06. The lowest BCUT2D eigenvalue weighted by Gasteiger charge is -1.99. The predicted octanol–water partition coefficient (Wildman–Crippen LogP) is 4.49. The fourth-order valence-corrected chi connectivity index (χ4v) is 1.90. The van der Waals surface area contributed by atoms with Gasteiger partial charge in [-0.3, -0.25) is 4.79 Å². The molecule has 144 valence electrons. The van der Waals surface area contributed by atoms with Gasteiger partial charge in [-0.2, -0.15) is 0 Å². The minimum absolute atomic E-state index is 0.154. The first-order valence-corrected chi connectivity index (χ1v) is 9.10. The number of carboxylic acids is 1. The molecule has 0 rings (SSSR count). The van der Waals surface area contributed by atoms with Gasteiger partial charge in [-0.15, -0.1) is 0 Å². The van der Waals surface area contributed by atoms with Gasteiger partial charge in [0.2, 0.25) is 0 Å². The second-order valence-electron chi connectivity index (χ2n) is 5.75. The minimum atomic E-state index is -0.787. The van der Waals surface area contributed by atoms with Crippen molar-refractivity contribution in [2.75, 3.05) is 0 Å². The SMILES string of the molecule is CC/C=C/C[C@H](O)/C=C/C=C/C=C/[C@@H](O)C/C=C/C/C=C/CCC(=O)O. The van der Waals surface area contributed by atoms with Gasteiger partial charge in [0.05, 0.1) is 12.2 Å². The highest BCUT2D eigenvalue weighted by Gasteiger charge is 1.94. The lowest BCUT2D eigenvalue weighted by molar-refractivity contribution is -0.136. The van der Waals surface area contributed by atoms with Crippen molar-refractivity contribution in [3.63, 3.8) is 0 Å². The molecule has 0 aliphatic carbocycles. The average molecular weight is 360 g/mol. The van der Waals surface area contributed by atoms with E-state index in [4.69, 9.17) is 5.11 Å². The summed E-state index contributed by atoms with van der Waals surface area (Å²) in [4.78, 5) is 10.3. The van der Waals surface area contributed by atoms with Crippen LogP contribution in [0.25, 0.3) is 0 Å². The quantitative estimate of drug-likeness (QED) is 0.315. The number of hydrogen-bond donors (Lipinski definition) is 3. The van der Waals surface area contributed by atoms with Gasteiger partial charge in [-0.25, -0.2) is 0 Å². The van der Waals surface area contributed by atoms with Crippen LogP contribution >= 0.6 is 0 Å². The molecular formula is C22H32O4. The van der Waals surface area contributed by atoms with Crippen molar-refractivity contribution in [2.24, 2.45) is 0 Å². The molecule has 0 amide bonds. The maximum Gasteiger partial charge on any atom is 0.303 e. The van der Waals surface area contributed by atoms with E-state index in [0.29, 0.717) is 19.3 Å². The van der Waals surface area contributed by atoms with Crippen molar-refractivity contribution >= 4 is 5.97 Å². The normalized spacial score (nSPS) is 15.5. The highest BCUT2D eigenvalue weighted by atomic mass is 16.4. The Hall–Kier alpha value is -2.17. The van der Waals surface area contributed by atoms with Crippen molar-refractivity contribution in [3.8, 4) is 0 Å². The molecule has 0 aliphatic rings. The number of aliphatic hydroxyl groups excluding tert-OH is 2. The van der Waals surface area contributed by atoms with Gasteiger partial charge in [0.25, 0.3) is 0 Å². The largest absolute Gasteiger partial charge is 0.481 e. The van der Waals surface area contributed by atoms with E-state index < -0.39 is 18.2 Å². The summed E-state index contributed by atoms with van der Waals surface area (Å²) in [5.41, 5.74) is 0. The number of carboxylic acid groups (broad SMARTS) is 1. The van der Waals surface area contributed by atoms with Crippen LogP contribution in [0.3, 0.4) is 0 Å². The van der Waals surface area contributed by atoms with E-state index in [-0.39, 0.29) is 6.42 Å². The molecule has 26 heavy (non-hydrogen) atoms. The molecule has 0 spiro atoms. The van der Waals surface area contributed by atoms with E-state index in [1.807, 2.05) is 48.6 Å². The van der Waals surface area contributed by atoms with Gasteiger partial charge in [0.15, 0.2) is 0 Å². The molecule has 0 unspecified atom stereocenters. The number of rotatable bonds is 14. The summed E-state index contributed by atoms with van der Waals surface area (Å²) >= 11 is 0. The van der Waals surface area contributed by atoms with Crippen LogP contribution in [0.1, 0.15) is 45.4 Å². The Balaban J connectivity index is 3.87. The molecule has 0 heterocycles. The average Bonchev–Trinajstić information content (AvgIpc) is 2.60. The van der Waals surface area contributed by atoms with Crippen molar-refractivity contribution in [1.82, 2.24) is 0 Å². The third-order valence-electron chi connectivity index (χ3n) is 3.29. The van der Waals surface area contributed by atoms with E-state index in [9.17, 15) is 15.0 Å². The lowest BCUT2D eigenvalue weighted by Crippen LogP contribution is -1.98. The van der Waals surface area contributed by atoms with E-state index in [1.54, 1.807) is 24.3 Å². The maximum atomic E-state index is 10.3. The third-order valence-corrected chi connectivity index (χ3v) is 3.29. The van der Waals surface area contributed by atoms with Gasteiger partial charge < -0.3 is 15.3 Å². The van der Waals surface area contributed by atoms with Crippen molar-refractivity contribution in [1.29, 1.82) is 0 Å². The van der Waals surface area contributed by atoms with Crippen LogP contribution in [-0.4, -0.2) is 33.5 Å². The van der Waals surface area contributed by atoms with E-state index in [1.165, 1.54) is 0 Å². The number of carbonyl (C=O) groups is 1. The Morgan fingerprint density at radius 2 is 1.35 bits per heavy atom. The van der Waals surface area contributed by atoms with Crippen LogP contribution in [0.4, 0.5) is 0 Å². The van der Waals surface area contributed by atoms with E-state index in [2.05, 4.69) is 6.92 Å². The van der Waals surface area contributed by atoms with Crippen LogP contribution in [0.5, 0.6) is 0 Å². The Morgan fingerprint density at radius 3 is 1.88 bits per heavy atom. The molecule has 2 atom stereocenters. The highest BCUT2D eigenvalue weighted by molar-refractivity contribution is 5.66. The van der Waals surface area contributed by atoms with Crippen molar-refractivity contribution in [3.05, 3.63) is 72.9 Å². The molecule has 4 nitrogen and oxygen atoms in total. The first kappa shape index (κ1) is 23.8. The van der Waals surface area contributed by atoms with Gasteiger partial charge in [0.1, 0.15) is 0 Å². The first-order valence-electron chi connectivity index (χ1n) is 9.10. The van der Waals surface area contributed by atoms with E-state index in [0.717, 1.165) is 12.8 Å². The molecule has 0 saturated heterocycles. The number of aliphatic carboxylic acids is 1. The Bertz CT molecular complexity index is 524. The van der Waals surface area contributed by atoms with Gasteiger partial charge in [0, 0.05) is 6.42 Å². The van der Waals surface area contributed by atoms with Crippen LogP contribution in [-0.2, 0) is 4.79 Å². The summed E-state index contributed by atoms with van der Waals surface area (Å²) in [5.74, 6) is -0.787. The molecule has 0 bridgehead atoms. The third kappa shape index (κ3) is 18.2. The maximum absolute atomic E-state index is 10.3. The summed E-state index contributed by atoms with van der Waals surface area (Å²) in [6, 6.07) is 0. The molecular weight excluding hydrogens is 328 g/mol. The Morgan fingerprint density at radius 1 is 0.808 bits per heavy atom. The van der Waals surface area contributed by atoms with Crippen LogP contribution < -0.4 is 0 Å². The second kappa shape index (κ2) is 17.6. The zero-order chi connectivity index (χ0) is 19.5. The molecule has 0 fully saturated rings. The van der Waals surface area contributed by atoms with Gasteiger partial charge in [-0.05, 0) is 32.1 Å². The number of aliphatic hydroxyl groups is 2. The second-order valence-corrected chi connectivity index (χ2v) is 5.75. The van der Waals surface area contributed by atoms with Crippen LogP contribution in [0.2, 0.25) is 0 Å². The monoisotopic (exact) mass is 360 g/mol. The zero-order valence-electron chi connectivity index (χ0n) is 15.6. The van der Waals surface area contributed by atoms with Gasteiger partial charge in [-0.1, -0.05) is 79.8 Å². The molecule has 0 aromatic heterocycles. The summed E-state index contributed by atoms with van der Waals surface area (Å²) in [7, 11) is 0. The fourth-order valence-electron chi connectivity index (χ4n) is 1.90.